The first-order chi connectivity index (χ1) is 6.18. The normalized spacial score (nSPS) is 19.9. The number of rotatable bonds is 1. The molecular formula is C8H9N3O2. The molecule has 0 aliphatic heterocycles. The second-order valence-corrected chi connectivity index (χ2v) is 3.13. The van der Waals surface area contributed by atoms with Crippen molar-refractivity contribution < 1.29 is 4.92 Å². The van der Waals surface area contributed by atoms with E-state index in [1.165, 1.54) is 12.3 Å². The fourth-order valence-corrected chi connectivity index (χ4v) is 1.58. The Bertz CT molecular complexity index is 364. The summed E-state index contributed by atoms with van der Waals surface area (Å²) in [5, 5.41) is 10.4. The average molecular weight is 179 g/mol. The fraction of sp³-hybridized carbons (Fsp3) is 0.375. The lowest BCUT2D eigenvalue weighted by Crippen LogP contribution is -2.06. The SMILES string of the molecule is N[C@H]1CCc2ncc([N+](=O)[O-])cc21. The molecular weight excluding hydrogens is 170 g/mol. The van der Waals surface area contributed by atoms with E-state index in [1.54, 1.807) is 0 Å². The molecule has 1 atom stereocenters. The van der Waals surface area contributed by atoms with Crippen LogP contribution in [0.1, 0.15) is 23.7 Å². The molecule has 0 spiro atoms. The highest BCUT2D eigenvalue weighted by molar-refractivity contribution is 5.38. The Balaban J connectivity index is 2.47. The number of hydrogen-bond donors (Lipinski definition) is 1. The minimum absolute atomic E-state index is 0.0242. The number of fused-ring (bicyclic) bond motifs is 1. The van der Waals surface area contributed by atoms with Gasteiger partial charge in [-0.05, 0) is 18.4 Å². The largest absolute Gasteiger partial charge is 0.324 e. The molecule has 1 aliphatic carbocycles. The van der Waals surface area contributed by atoms with Gasteiger partial charge in [-0.25, -0.2) is 0 Å². The molecule has 2 rings (SSSR count). The van der Waals surface area contributed by atoms with Crippen molar-refractivity contribution in [3.63, 3.8) is 0 Å². The molecule has 1 aromatic heterocycles. The Morgan fingerprint density at radius 2 is 2.46 bits per heavy atom. The zero-order chi connectivity index (χ0) is 9.42. The summed E-state index contributed by atoms with van der Waals surface area (Å²) < 4.78 is 0. The number of hydrogen-bond acceptors (Lipinski definition) is 4. The number of nitrogens with zero attached hydrogens (tertiary/aromatic N) is 2. The molecule has 68 valence electrons. The van der Waals surface area contributed by atoms with E-state index in [9.17, 15) is 10.1 Å². The van der Waals surface area contributed by atoms with E-state index < -0.39 is 4.92 Å². The van der Waals surface area contributed by atoms with Crippen molar-refractivity contribution in [3.05, 3.63) is 33.6 Å². The summed E-state index contributed by atoms with van der Waals surface area (Å²) in [4.78, 5) is 14.0. The fourth-order valence-electron chi connectivity index (χ4n) is 1.58. The van der Waals surface area contributed by atoms with E-state index in [1.807, 2.05) is 0 Å². The first kappa shape index (κ1) is 8.12. The monoisotopic (exact) mass is 179 g/mol. The second-order valence-electron chi connectivity index (χ2n) is 3.13. The van der Waals surface area contributed by atoms with Gasteiger partial charge in [0.15, 0.2) is 0 Å². The minimum Gasteiger partial charge on any atom is -0.324 e. The number of aromatic nitrogens is 1. The molecule has 1 heterocycles. The number of nitrogens with two attached hydrogens (primary N) is 1. The van der Waals surface area contributed by atoms with E-state index >= 15 is 0 Å². The zero-order valence-electron chi connectivity index (χ0n) is 6.93. The van der Waals surface area contributed by atoms with Crippen LogP contribution < -0.4 is 5.73 Å². The molecule has 0 saturated heterocycles. The molecule has 0 unspecified atom stereocenters. The summed E-state index contributed by atoms with van der Waals surface area (Å²) in [6.07, 6.45) is 2.95. The maximum Gasteiger partial charge on any atom is 0.287 e. The molecule has 13 heavy (non-hydrogen) atoms. The third kappa shape index (κ3) is 1.27. The molecule has 5 nitrogen and oxygen atoms in total. The molecule has 0 bridgehead atoms. The molecule has 0 radical (unpaired) electrons. The highest BCUT2D eigenvalue weighted by Gasteiger charge is 2.22. The van der Waals surface area contributed by atoms with E-state index in [0.29, 0.717) is 0 Å². The van der Waals surface area contributed by atoms with Crippen molar-refractivity contribution in [1.29, 1.82) is 0 Å². The Morgan fingerprint density at radius 3 is 3.15 bits per heavy atom. The average Bonchev–Trinajstić information content (AvgIpc) is 2.47. The smallest absolute Gasteiger partial charge is 0.287 e. The second kappa shape index (κ2) is 2.77. The molecule has 2 N–H and O–H groups in total. The Hall–Kier alpha value is -1.49. The maximum absolute atomic E-state index is 10.4. The number of nitro groups is 1. The van der Waals surface area contributed by atoms with E-state index in [0.717, 1.165) is 24.1 Å². The van der Waals surface area contributed by atoms with E-state index in [2.05, 4.69) is 4.98 Å². The van der Waals surface area contributed by atoms with Gasteiger partial charge in [-0.15, -0.1) is 0 Å². The van der Waals surface area contributed by atoms with Crippen LogP contribution in [0.4, 0.5) is 5.69 Å². The van der Waals surface area contributed by atoms with Crippen molar-refractivity contribution in [2.75, 3.05) is 0 Å². The van der Waals surface area contributed by atoms with Crippen LogP contribution in [0.15, 0.2) is 12.3 Å². The van der Waals surface area contributed by atoms with Gasteiger partial charge in [0, 0.05) is 17.8 Å². The predicted octanol–water partition coefficient (Wildman–Crippen LogP) is 0.936. The van der Waals surface area contributed by atoms with Gasteiger partial charge in [0.25, 0.3) is 5.69 Å². The Kier molecular flexibility index (Phi) is 1.73. The summed E-state index contributed by atoms with van der Waals surface area (Å²) in [7, 11) is 0. The van der Waals surface area contributed by atoms with Crippen LogP contribution in [-0.2, 0) is 6.42 Å². The van der Waals surface area contributed by atoms with Crippen molar-refractivity contribution in [2.24, 2.45) is 5.73 Å². The van der Waals surface area contributed by atoms with Crippen LogP contribution in [0.2, 0.25) is 0 Å². The lowest BCUT2D eigenvalue weighted by molar-refractivity contribution is -0.385. The molecule has 0 saturated carbocycles. The van der Waals surface area contributed by atoms with Crippen LogP contribution in [0.25, 0.3) is 0 Å². The number of pyridine rings is 1. The molecule has 1 aliphatic rings. The molecule has 5 heteroatoms. The third-order valence-corrected chi connectivity index (χ3v) is 2.29. The molecule has 0 aromatic carbocycles. The van der Waals surface area contributed by atoms with E-state index in [-0.39, 0.29) is 11.7 Å². The first-order valence-electron chi connectivity index (χ1n) is 4.07. The van der Waals surface area contributed by atoms with Crippen LogP contribution >= 0.6 is 0 Å². The van der Waals surface area contributed by atoms with Crippen molar-refractivity contribution >= 4 is 5.69 Å². The highest BCUT2D eigenvalue weighted by atomic mass is 16.6. The van der Waals surface area contributed by atoms with Crippen molar-refractivity contribution in [2.45, 2.75) is 18.9 Å². The third-order valence-electron chi connectivity index (χ3n) is 2.29. The van der Waals surface area contributed by atoms with E-state index in [4.69, 9.17) is 5.73 Å². The standard InChI is InChI=1S/C8H9N3O2/c9-7-1-2-8-6(7)3-5(4-10-8)11(12)13/h3-4,7H,1-2,9H2/t7-/m0/s1. The van der Waals surface area contributed by atoms with Gasteiger partial charge >= 0.3 is 0 Å². The van der Waals surface area contributed by atoms with Crippen LogP contribution in [0, 0.1) is 10.1 Å². The first-order valence-corrected chi connectivity index (χ1v) is 4.07. The summed E-state index contributed by atoms with van der Waals surface area (Å²) in [6.45, 7) is 0. The van der Waals surface area contributed by atoms with Crippen LogP contribution in [-0.4, -0.2) is 9.91 Å². The summed E-state index contributed by atoms with van der Waals surface area (Å²) in [6, 6.07) is 1.45. The maximum atomic E-state index is 10.4. The topological polar surface area (TPSA) is 82.0 Å². The molecule has 0 amide bonds. The van der Waals surface area contributed by atoms with Gasteiger partial charge in [0.2, 0.25) is 0 Å². The molecule has 0 fully saturated rings. The zero-order valence-corrected chi connectivity index (χ0v) is 6.93. The van der Waals surface area contributed by atoms with Gasteiger partial charge in [-0.1, -0.05) is 0 Å². The van der Waals surface area contributed by atoms with Crippen molar-refractivity contribution in [1.82, 2.24) is 4.98 Å². The highest BCUT2D eigenvalue weighted by Crippen LogP contribution is 2.29. The predicted molar refractivity (Wildman–Crippen MR) is 46.1 cm³/mol. The Labute approximate surface area is 74.7 Å². The number of aryl methyl sites for hydroxylation is 1. The minimum atomic E-state index is -0.446. The lowest BCUT2D eigenvalue weighted by Gasteiger charge is -2.02. The van der Waals surface area contributed by atoms with Gasteiger partial charge < -0.3 is 5.73 Å². The van der Waals surface area contributed by atoms with Gasteiger partial charge in [-0.2, -0.15) is 0 Å². The lowest BCUT2D eigenvalue weighted by atomic mass is 10.1. The molecule has 1 aromatic rings. The van der Waals surface area contributed by atoms with Crippen LogP contribution in [0.5, 0.6) is 0 Å². The van der Waals surface area contributed by atoms with Crippen LogP contribution in [0.3, 0.4) is 0 Å². The summed E-state index contributed by atoms with van der Waals surface area (Å²) in [5.74, 6) is 0. The van der Waals surface area contributed by atoms with Gasteiger partial charge in [0.05, 0.1) is 4.92 Å². The quantitative estimate of drug-likeness (QED) is 0.513. The Morgan fingerprint density at radius 1 is 1.69 bits per heavy atom. The van der Waals surface area contributed by atoms with Crippen molar-refractivity contribution in [3.8, 4) is 0 Å². The van der Waals surface area contributed by atoms with Gasteiger partial charge in [-0.3, -0.25) is 15.1 Å². The van der Waals surface area contributed by atoms with Gasteiger partial charge in [0.1, 0.15) is 6.20 Å². The summed E-state index contributed by atoms with van der Waals surface area (Å²) in [5.41, 5.74) is 7.51. The summed E-state index contributed by atoms with van der Waals surface area (Å²) >= 11 is 0.